The van der Waals surface area contributed by atoms with Crippen molar-refractivity contribution in [3.63, 3.8) is 0 Å². The second kappa shape index (κ2) is 14.7. The van der Waals surface area contributed by atoms with E-state index in [0.29, 0.717) is 46.1 Å². The van der Waals surface area contributed by atoms with E-state index in [-0.39, 0.29) is 11.8 Å². The predicted octanol–water partition coefficient (Wildman–Crippen LogP) is 8.17. The van der Waals surface area contributed by atoms with Crippen LogP contribution in [0, 0.1) is 27.7 Å². The molecule has 0 saturated heterocycles. The summed E-state index contributed by atoms with van der Waals surface area (Å²) in [6, 6.07) is 16.2. The van der Waals surface area contributed by atoms with Crippen LogP contribution in [0.15, 0.2) is 48.5 Å². The Bertz CT molecular complexity index is 2940. The van der Waals surface area contributed by atoms with Crippen molar-refractivity contribution in [2.45, 2.75) is 118 Å². The van der Waals surface area contributed by atoms with Gasteiger partial charge in [0.15, 0.2) is 21.1 Å². The first-order valence-corrected chi connectivity index (χ1v) is 23.7. The van der Waals surface area contributed by atoms with E-state index in [2.05, 4.69) is 51.3 Å². The number of aromatic nitrogens is 10. The number of rotatable bonds is 12. The van der Waals surface area contributed by atoms with Gasteiger partial charge in [0.1, 0.15) is 35.0 Å². The van der Waals surface area contributed by atoms with Crippen molar-refractivity contribution in [1.29, 1.82) is 0 Å². The van der Waals surface area contributed by atoms with Crippen LogP contribution in [0.2, 0.25) is 0 Å². The number of hydrogen-bond donors (Lipinski definition) is 0. The third-order valence-electron chi connectivity index (χ3n) is 13.4. The van der Waals surface area contributed by atoms with Crippen molar-refractivity contribution in [2.75, 3.05) is 22.9 Å². The Labute approximate surface area is 356 Å². The second-order valence-corrected chi connectivity index (χ2v) is 18.9. The van der Waals surface area contributed by atoms with Crippen LogP contribution in [-0.4, -0.2) is 81.9 Å². The summed E-state index contributed by atoms with van der Waals surface area (Å²) in [5.41, 5.74) is 11.5. The quantitative estimate of drug-likeness (QED) is 0.119. The first-order chi connectivity index (χ1) is 29.5. The molecule has 2 aliphatic rings. The average Bonchev–Trinajstić information content (AvgIpc) is 4.10. The van der Waals surface area contributed by atoms with Gasteiger partial charge in [-0.1, -0.05) is 52.0 Å². The maximum Gasteiger partial charge on any atom is 0.187 e. The Balaban J connectivity index is 1.10. The zero-order chi connectivity index (χ0) is 42.5. The standard InChI is InChI=1S/C46H54N12O2S/c1-9-31(10-2)53-23-21-33-27(5)47-43-39(29(7)51-57(43)45(33)53)41-49-35-17-13-15-19-37(35)55(41)25-61(59,60)26-56-38-20-16-14-18-36(38)50-42(56)40-30(8)52-58-44(40)48-28(6)34-22-24-54(46(34)58)32(11-3)12-4/h13-20,31-32H,9-12,21-26H2,1-8H3. The lowest BCUT2D eigenvalue weighted by Gasteiger charge is -2.28. The van der Waals surface area contributed by atoms with E-state index < -0.39 is 9.84 Å². The van der Waals surface area contributed by atoms with E-state index >= 15 is 0 Å². The molecule has 6 aromatic heterocycles. The Hall–Kier alpha value is -5.83. The molecule has 0 radical (unpaired) electrons. The fourth-order valence-corrected chi connectivity index (χ4v) is 11.7. The van der Waals surface area contributed by atoms with Crippen molar-refractivity contribution >= 4 is 54.8 Å². The lowest BCUT2D eigenvalue weighted by molar-refractivity contribution is 0.563. The van der Waals surface area contributed by atoms with Crippen molar-refractivity contribution in [3.8, 4) is 22.8 Å². The van der Waals surface area contributed by atoms with Gasteiger partial charge >= 0.3 is 0 Å². The molecule has 0 unspecified atom stereocenters. The van der Waals surface area contributed by atoms with Gasteiger partial charge in [-0.05, 0) is 90.5 Å². The van der Waals surface area contributed by atoms with Gasteiger partial charge in [-0.25, -0.2) is 28.4 Å². The van der Waals surface area contributed by atoms with E-state index in [1.54, 1.807) is 0 Å². The SMILES string of the molecule is CCC(CC)N1CCc2c(C)nc3c(-c4nc5ccccc5n4CS(=O)(=O)Cn4c(-c5c(C)nn6c7c(c(C)nc56)CCN7C(CC)CC)nc5ccccc54)c(C)nn3c21. The molecule has 0 amide bonds. The molecule has 8 heterocycles. The molecular weight excluding hydrogens is 785 g/mol. The summed E-state index contributed by atoms with van der Waals surface area (Å²) in [4.78, 5) is 25.5. The summed E-state index contributed by atoms with van der Waals surface area (Å²) in [5.74, 6) is 2.58. The molecule has 15 heteroatoms. The van der Waals surface area contributed by atoms with Gasteiger partial charge in [-0.2, -0.15) is 19.2 Å². The lowest BCUT2D eigenvalue weighted by atomic mass is 10.1. The molecule has 2 aliphatic heterocycles. The highest BCUT2D eigenvalue weighted by molar-refractivity contribution is 7.89. The summed E-state index contributed by atoms with van der Waals surface area (Å²) >= 11 is 0. The molecule has 0 saturated carbocycles. The van der Waals surface area contributed by atoms with E-state index in [1.807, 2.05) is 80.5 Å². The van der Waals surface area contributed by atoms with Crippen molar-refractivity contribution in [1.82, 2.24) is 48.3 Å². The molecule has 14 nitrogen and oxygen atoms in total. The van der Waals surface area contributed by atoms with E-state index in [4.69, 9.17) is 30.1 Å². The number of sulfone groups is 1. The Kier molecular flexibility index (Phi) is 9.46. The lowest BCUT2D eigenvalue weighted by Crippen LogP contribution is -2.34. The number of fused-ring (bicyclic) bond motifs is 8. The fraction of sp³-hybridized carbons (Fsp3) is 0.435. The van der Waals surface area contributed by atoms with Gasteiger partial charge in [-0.15, -0.1) is 0 Å². The Morgan fingerprint density at radius 1 is 0.557 bits per heavy atom. The van der Waals surface area contributed by atoms with Gasteiger partial charge < -0.3 is 18.9 Å². The number of para-hydroxylation sites is 4. The van der Waals surface area contributed by atoms with E-state index in [9.17, 15) is 8.42 Å². The van der Waals surface area contributed by atoms with E-state index in [1.165, 1.54) is 11.1 Å². The van der Waals surface area contributed by atoms with Crippen LogP contribution < -0.4 is 9.80 Å². The number of benzene rings is 2. The smallest absolute Gasteiger partial charge is 0.187 e. The predicted molar refractivity (Wildman–Crippen MR) is 242 cm³/mol. The van der Waals surface area contributed by atoms with E-state index in [0.717, 1.165) is 108 Å². The fourth-order valence-electron chi connectivity index (χ4n) is 10.3. The Morgan fingerprint density at radius 3 is 1.34 bits per heavy atom. The molecule has 61 heavy (non-hydrogen) atoms. The summed E-state index contributed by atoms with van der Waals surface area (Å²) in [7, 11) is -3.92. The molecule has 0 fully saturated rings. The molecule has 316 valence electrons. The highest BCUT2D eigenvalue weighted by atomic mass is 32.2. The van der Waals surface area contributed by atoms with Crippen molar-refractivity contribution in [2.24, 2.45) is 0 Å². The number of nitrogens with zero attached hydrogens (tertiary/aromatic N) is 12. The molecule has 8 aromatic rings. The van der Waals surface area contributed by atoms with Crippen LogP contribution in [-0.2, 0) is 34.4 Å². The third-order valence-corrected chi connectivity index (χ3v) is 14.7. The zero-order valence-corrected chi connectivity index (χ0v) is 37.3. The summed E-state index contributed by atoms with van der Waals surface area (Å²) in [5, 5.41) is 10.2. The number of anilines is 2. The third kappa shape index (κ3) is 6.05. The van der Waals surface area contributed by atoms with Gasteiger partial charge in [0.2, 0.25) is 0 Å². The summed E-state index contributed by atoms with van der Waals surface area (Å²) < 4.78 is 37.6. The van der Waals surface area contributed by atoms with Crippen LogP contribution in [0.3, 0.4) is 0 Å². The molecule has 0 aliphatic carbocycles. The number of imidazole rings is 2. The molecule has 2 aromatic carbocycles. The Morgan fingerprint density at radius 2 is 0.951 bits per heavy atom. The number of hydrogen-bond acceptors (Lipinski definition) is 10. The monoisotopic (exact) mass is 838 g/mol. The molecule has 0 N–H and O–H groups in total. The average molecular weight is 839 g/mol. The van der Waals surface area contributed by atoms with Gasteiger partial charge in [0.05, 0.1) is 44.6 Å². The van der Waals surface area contributed by atoms with Crippen LogP contribution in [0.1, 0.15) is 87.3 Å². The second-order valence-electron chi connectivity index (χ2n) is 16.9. The normalized spacial score (nSPS) is 14.4. The van der Waals surface area contributed by atoms with Crippen molar-refractivity contribution in [3.05, 3.63) is 82.4 Å². The highest BCUT2D eigenvalue weighted by Gasteiger charge is 2.35. The minimum Gasteiger partial charge on any atom is -0.353 e. The molecule has 0 atom stereocenters. The van der Waals surface area contributed by atoms with Crippen molar-refractivity contribution < 1.29 is 8.42 Å². The first-order valence-electron chi connectivity index (χ1n) is 21.9. The largest absolute Gasteiger partial charge is 0.353 e. The van der Waals surface area contributed by atoms with Gasteiger partial charge in [0, 0.05) is 47.7 Å². The van der Waals surface area contributed by atoms with Crippen LogP contribution in [0.25, 0.3) is 56.1 Å². The minimum atomic E-state index is -3.92. The molecular formula is C46H54N12O2S. The molecule has 0 bridgehead atoms. The number of aryl methyl sites for hydroxylation is 4. The van der Waals surface area contributed by atoms with Crippen LogP contribution >= 0.6 is 0 Å². The molecule has 10 rings (SSSR count). The van der Waals surface area contributed by atoms with Crippen LogP contribution in [0.5, 0.6) is 0 Å². The maximum absolute atomic E-state index is 15.0. The first kappa shape index (κ1) is 39.3. The van der Waals surface area contributed by atoms with Gasteiger partial charge in [0.25, 0.3) is 0 Å². The van der Waals surface area contributed by atoms with Gasteiger partial charge in [-0.3, -0.25) is 0 Å². The topological polar surface area (TPSA) is 137 Å². The van der Waals surface area contributed by atoms with Crippen LogP contribution in [0.4, 0.5) is 11.6 Å². The highest BCUT2D eigenvalue weighted by Crippen LogP contribution is 2.40. The zero-order valence-electron chi connectivity index (χ0n) is 36.4. The molecule has 0 spiro atoms. The minimum absolute atomic E-state index is 0.321. The summed E-state index contributed by atoms with van der Waals surface area (Å²) in [6.45, 7) is 18.9. The maximum atomic E-state index is 15.0. The summed E-state index contributed by atoms with van der Waals surface area (Å²) in [6.07, 6.45) is 5.94.